The molecule has 9 amide bonds. The molecule has 15 N–H and O–H groups in total. The van der Waals surface area contributed by atoms with Crippen molar-refractivity contribution in [1.82, 2.24) is 37.2 Å². The summed E-state index contributed by atoms with van der Waals surface area (Å²) < 4.78 is 0. The molecule has 0 aliphatic heterocycles. The van der Waals surface area contributed by atoms with Gasteiger partial charge in [-0.2, -0.15) is 0 Å². The number of amides is 9. The Morgan fingerprint density at radius 1 is 0.625 bits per heavy atom. The fourth-order valence-electron chi connectivity index (χ4n) is 4.76. The molecule has 0 bridgehead atoms. The van der Waals surface area contributed by atoms with Crippen LogP contribution in [0.4, 0.5) is 0 Å². The molecular formula is C34H60N10O12. The van der Waals surface area contributed by atoms with E-state index in [0.717, 1.165) is 0 Å². The minimum atomic E-state index is -1.72. The molecule has 0 aliphatic rings. The van der Waals surface area contributed by atoms with Crippen LogP contribution in [0.5, 0.6) is 0 Å². The molecule has 7 atom stereocenters. The van der Waals surface area contributed by atoms with E-state index in [-0.39, 0.29) is 12.8 Å². The number of nitrogens with one attached hydrogen (secondary N) is 7. The van der Waals surface area contributed by atoms with Gasteiger partial charge in [0.2, 0.25) is 53.2 Å². The summed E-state index contributed by atoms with van der Waals surface area (Å²) in [7, 11) is 0. The number of carboxylic acid groups (broad SMARTS) is 1. The highest BCUT2D eigenvalue weighted by Crippen LogP contribution is 2.13. The lowest BCUT2D eigenvalue weighted by molar-refractivity contribution is -0.143. The molecule has 0 radical (unpaired) electrons. The van der Waals surface area contributed by atoms with E-state index in [1.165, 1.54) is 34.6 Å². The van der Waals surface area contributed by atoms with E-state index < -0.39 is 131 Å². The van der Waals surface area contributed by atoms with Gasteiger partial charge in [-0.1, -0.05) is 34.1 Å². The Bertz CT molecular complexity index is 1490. The number of rotatable bonds is 24. The quantitative estimate of drug-likeness (QED) is 0.0438. The number of carbonyl (C=O) groups excluding carboxylic acids is 9. The molecule has 0 saturated heterocycles. The van der Waals surface area contributed by atoms with Crippen LogP contribution in [0.25, 0.3) is 0 Å². The molecule has 0 unspecified atom stereocenters. The number of carbonyl (C=O) groups is 10. The lowest BCUT2D eigenvalue weighted by atomic mass is 9.95. The van der Waals surface area contributed by atoms with Crippen molar-refractivity contribution in [3.05, 3.63) is 0 Å². The Morgan fingerprint density at radius 2 is 1.14 bits per heavy atom. The number of hydrogen-bond acceptors (Lipinski definition) is 12. The molecule has 0 aromatic heterocycles. The van der Waals surface area contributed by atoms with Crippen molar-refractivity contribution in [2.45, 2.75) is 135 Å². The molecule has 318 valence electrons. The predicted molar refractivity (Wildman–Crippen MR) is 199 cm³/mol. The Labute approximate surface area is 325 Å². The Kier molecular flexibility index (Phi) is 20.1. The predicted octanol–water partition coefficient (Wildman–Crippen LogP) is -4.53. The van der Waals surface area contributed by atoms with E-state index in [2.05, 4.69) is 37.2 Å². The maximum Gasteiger partial charge on any atom is 0.326 e. The van der Waals surface area contributed by atoms with E-state index in [1.54, 1.807) is 27.7 Å². The van der Waals surface area contributed by atoms with Crippen LogP contribution in [0.15, 0.2) is 0 Å². The summed E-state index contributed by atoms with van der Waals surface area (Å²) in [4.78, 5) is 125. The van der Waals surface area contributed by atoms with Crippen LogP contribution in [-0.2, 0) is 47.9 Å². The molecule has 0 aromatic carbocycles. The first-order valence-corrected chi connectivity index (χ1v) is 17.9. The summed E-state index contributed by atoms with van der Waals surface area (Å²) in [6, 6.07) is -8.24. The molecule has 0 aliphatic carbocycles. The normalized spacial score (nSPS) is 15.3. The van der Waals surface area contributed by atoms with Crippen molar-refractivity contribution in [2.24, 2.45) is 29.0 Å². The van der Waals surface area contributed by atoms with Gasteiger partial charge >= 0.3 is 5.97 Å². The third kappa shape index (κ3) is 16.6. The second-order valence-electron chi connectivity index (χ2n) is 14.9. The fourth-order valence-corrected chi connectivity index (χ4v) is 4.76. The van der Waals surface area contributed by atoms with Crippen LogP contribution in [0.3, 0.4) is 0 Å². The average Bonchev–Trinajstić information content (AvgIpc) is 3.07. The summed E-state index contributed by atoms with van der Waals surface area (Å²) in [5.41, 5.74) is 12.3. The first-order valence-electron chi connectivity index (χ1n) is 17.9. The number of primary amides is 2. The summed E-state index contributed by atoms with van der Waals surface area (Å²) >= 11 is 0. The van der Waals surface area contributed by atoms with Crippen LogP contribution in [0.1, 0.15) is 88.0 Å². The highest BCUT2D eigenvalue weighted by atomic mass is 16.4. The van der Waals surface area contributed by atoms with E-state index in [0.29, 0.717) is 6.42 Å². The summed E-state index contributed by atoms with van der Waals surface area (Å²) in [6.07, 6.45) is -0.737. The van der Waals surface area contributed by atoms with Gasteiger partial charge in [0.05, 0.1) is 19.1 Å². The van der Waals surface area contributed by atoms with E-state index in [9.17, 15) is 58.2 Å². The van der Waals surface area contributed by atoms with E-state index in [1.807, 2.05) is 0 Å². The molecule has 0 aromatic rings. The molecule has 22 heteroatoms. The molecular weight excluding hydrogens is 740 g/mol. The minimum Gasteiger partial charge on any atom is -0.480 e. The Hall–Kier alpha value is -5.38. The minimum absolute atomic E-state index is 0.298. The molecule has 0 fully saturated rings. The van der Waals surface area contributed by atoms with Crippen LogP contribution < -0.4 is 54.4 Å². The highest BCUT2D eigenvalue weighted by molar-refractivity contribution is 5.99. The Morgan fingerprint density at radius 3 is 1.59 bits per heavy atom. The van der Waals surface area contributed by atoms with Crippen molar-refractivity contribution in [3.63, 3.8) is 0 Å². The maximum atomic E-state index is 13.5. The van der Waals surface area contributed by atoms with Crippen LogP contribution >= 0.6 is 0 Å². The topological polar surface area (TPSA) is 373 Å². The zero-order valence-corrected chi connectivity index (χ0v) is 33.4. The summed E-state index contributed by atoms with van der Waals surface area (Å²) in [5.74, 6) is -10.3. The zero-order valence-electron chi connectivity index (χ0n) is 33.4. The number of hydrogen-bond donors (Lipinski definition) is 12. The van der Waals surface area contributed by atoms with Gasteiger partial charge in [-0.05, 0) is 52.9 Å². The third-order valence-corrected chi connectivity index (χ3v) is 8.64. The van der Waals surface area contributed by atoms with Gasteiger partial charge in [0.25, 0.3) is 0 Å². The number of aliphatic hydroxyl groups excluding tert-OH is 1. The van der Waals surface area contributed by atoms with Crippen molar-refractivity contribution in [2.75, 3.05) is 6.61 Å². The van der Waals surface area contributed by atoms with Gasteiger partial charge in [-0.15, -0.1) is 0 Å². The van der Waals surface area contributed by atoms with Gasteiger partial charge in [0.15, 0.2) is 0 Å². The lowest BCUT2D eigenvalue weighted by Gasteiger charge is -2.32. The fraction of sp³-hybridized carbons (Fsp3) is 0.706. The summed E-state index contributed by atoms with van der Waals surface area (Å²) in [6.45, 7) is 12.1. The van der Waals surface area contributed by atoms with Crippen molar-refractivity contribution in [1.29, 1.82) is 0 Å². The SMILES string of the molecule is CC[C@H](C)[C@H](NC(=O)[C@H](CO)NC(=O)[C@@H](NC(=O)C(C)(C)NC(=O)[C@H](C)NC(=O)[C@@H](N)CC(N)=O)C(C)C)C(=O)NC(C)(C)C(=O)N[C@@H](CCC(N)=O)C(=O)O. The van der Waals surface area contributed by atoms with Crippen molar-refractivity contribution >= 4 is 59.1 Å². The molecule has 0 saturated carbocycles. The van der Waals surface area contributed by atoms with Gasteiger partial charge in [0, 0.05) is 6.42 Å². The smallest absolute Gasteiger partial charge is 0.326 e. The van der Waals surface area contributed by atoms with E-state index >= 15 is 0 Å². The largest absolute Gasteiger partial charge is 0.480 e. The molecule has 56 heavy (non-hydrogen) atoms. The lowest BCUT2D eigenvalue weighted by Crippen LogP contribution is -2.64. The second kappa shape index (κ2) is 22.2. The van der Waals surface area contributed by atoms with Crippen LogP contribution in [-0.4, -0.2) is 123 Å². The highest BCUT2D eigenvalue weighted by Gasteiger charge is 2.39. The number of aliphatic carboxylic acids is 1. The maximum absolute atomic E-state index is 13.5. The first kappa shape index (κ1) is 50.6. The summed E-state index contributed by atoms with van der Waals surface area (Å²) in [5, 5.41) is 36.3. The number of carboxylic acids is 1. The monoisotopic (exact) mass is 800 g/mol. The molecule has 0 spiro atoms. The van der Waals surface area contributed by atoms with Crippen molar-refractivity contribution in [3.8, 4) is 0 Å². The van der Waals surface area contributed by atoms with E-state index in [4.69, 9.17) is 17.2 Å². The van der Waals surface area contributed by atoms with Gasteiger partial charge in [-0.3, -0.25) is 43.2 Å². The van der Waals surface area contributed by atoms with Gasteiger partial charge in [-0.25, -0.2) is 4.79 Å². The first-order chi connectivity index (χ1) is 25.6. The van der Waals surface area contributed by atoms with Gasteiger partial charge < -0.3 is 64.6 Å². The van der Waals surface area contributed by atoms with Crippen LogP contribution in [0, 0.1) is 11.8 Å². The number of nitrogens with two attached hydrogens (primary N) is 3. The zero-order chi connectivity index (χ0) is 43.9. The standard InChI is InChI=1S/C34H60N10O12/c1-10-16(4)24(29(52)44-33(6,7)31(55)40-19(30(53)54)11-12-21(36)46)41-27(50)20(14-45)39-28(51)23(15(2)3)42-32(56)34(8,9)43-25(48)17(5)38-26(49)18(35)13-22(37)47/h15-20,23-24,45H,10-14,35H2,1-9H3,(H2,36,46)(H2,37,47)(H,38,49)(H,39,51)(H,40,55)(H,41,50)(H,42,56)(H,43,48)(H,44,52)(H,53,54)/t16-,17-,18-,19-,20-,23-,24-/m0/s1. The van der Waals surface area contributed by atoms with Crippen molar-refractivity contribution < 1.29 is 58.2 Å². The van der Waals surface area contributed by atoms with Crippen LogP contribution in [0.2, 0.25) is 0 Å². The number of aliphatic hydroxyl groups is 1. The molecule has 0 rings (SSSR count). The second-order valence-corrected chi connectivity index (χ2v) is 14.9. The Balaban J connectivity index is 5.82. The average molecular weight is 801 g/mol. The molecule has 0 heterocycles. The third-order valence-electron chi connectivity index (χ3n) is 8.64. The molecule has 22 nitrogen and oxygen atoms in total. The van der Waals surface area contributed by atoms with Gasteiger partial charge in [0.1, 0.15) is 41.3 Å².